The number of rotatable bonds is 5. The van der Waals surface area contributed by atoms with E-state index < -0.39 is 16.1 Å². The Bertz CT molecular complexity index is 746. The summed E-state index contributed by atoms with van der Waals surface area (Å²) in [5, 5.41) is 11.9. The zero-order valence-electron chi connectivity index (χ0n) is 12.3. The minimum Gasteiger partial charge on any atom is -0.465 e. The van der Waals surface area contributed by atoms with E-state index in [9.17, 15) is 13.5 Å². The summed E-state index contributed by atoms with van der Waals surface area (Å²) in [7, 11) is -3.79. The number of aliphatic hydroxyl groups excluding tert-OH is 1. The summed E-state index contributed by atoms with van der Waals surface area (Å²) in [5.74, 6) is 0.680. The Kier molecular flexibility index (Phi) is 4.52. The fraction of sp³-hybridized carbons (Fsp3) is 0.462. The van der Waals surface area contributed by atoms with Crippen molar-refractivity contribution in [2.24, 2.45) is 0 Å². The minimum atomic E-state index is -3.79. The smallest absolute Gasteiger partial charge is 0.245 e. The van der Waals surface area contributed by atoms with Crippen LogP contribution in [0.2, 0.25) is 0 Å². The van der Waals surface area contributed by atoms with Gasteiger partial charge in [0.05, 0.1) is 12.6 Å². The Morgan fingerprint density at radius 1 is 1.38 bits per heavy atom. The van der Waals surface area contributed by atoms with Crippen molar-refractivity contribution in [2.45, 2.75) is 45.2 Å². The van der Waals surface area contributed by atoms with Gasteiger partial charge in [-0.1, -0.05) is 0 Å². The normalized spacial score (nSPS) is 13.6. The van der Waals surface area contributed by atoms with Crippen LogP contribution in [-0.4, -0.2) is 18.5 Å². The molecule has 8 heteroatoms. The van der Waals surface area contributed by atoms with Gasteiger partial charge in [-0.25, -0.2) is 18.1 Å². The number of aromatic nitrogens is 1. The summed E-state index contributed by atoms with van der Waals surface area (Å²) in [6.45, 7) is 6.40. The molecule has 2 aromatic heterocycles. The zero-order chi connectivity index (χ0) is 15.8. The van der Waals surface area contributed by atoms with Crippen LogP contribution in [0.15, 0.2) is 14.7 Å². The molecule has 0 aliphatic heterocycles. The number of aliphatic hydroxyl groups is 1. The van der Waals surface area contributed by atoms with Gasteiger partial charge in [-0.2, -0.15) is 0 Å². The number of sulfonamides is 1. The van der Waals surface area contributed by atoms with Gasteiger partial charge in [0.25, 0.3) is 0 Å². The van der Waals surface area contributed by atoms with Crippen LogP contribution in [0.4, 0.5) is 0 Å². The summed E-state index contributed by atoms with van der Waals surface area (Å²) in [4.78, 5) is 4.29. The van der Waals surface area contributed by atoms with Crippen LogP contribution in [0.25, 0.3) is 0 Å². The molecular weight excluding hydrogens is 312 g/mol. The average Bonchev–Trinajstić information content (AvgIpc) is 2.92. The molecule has 2 rings (SSSR count). The summed E-state index contributed by atoms with van der Waals surface area (Å²) >= 11 is 1.40. The number of furan rings is 1. The molecule has 1 atom stereocenters. The Hall–Kier alpha value is -1.22. The first kappa shape index (κ1) is 16.2. The lowest BCUT2D eigenvalue weighted by molar-refractivity contribution is 0.276. The lowest BCUT2D eigenvalue weighted by atomic mass is 10.2. The minimum absolute atomic E-state index is 0.0163. The number of nitrogens with one attached hydrogen (secondary N) is 1. The van der Waals surface area contributed by atoms with E-state index in [1.165, 1.54) is 11.3 Å². The van der Waals surface area contributed by atoms with Crippen LogP contribution in [0, 0.1) is 20.8 Å². The fourth-order valence-corrected chi connectivity index (χ4v) is 4.68. The molecule has 0 aromatic carbocycles. The summed E-state index contributed by atoms with van der Waals surface area (Å²) in [5.41, 5.74) is 1.15. The third-order valence-corrected chi connectivity index (χ3v) is 5.97. The van der Waals surface area contributed by atoms with E-state index in [4.69, 9.17) is 4.42 Å². The molecule has 21 heavy (non-hydrogen) atoms. The van der Waals surface area contributed by atoms with Crippen molar-refractivity contribution >= 4 is 21.4 Å². The van der Waals surface area contributed by atoms with E-state index in [0.29, 0.717) is 16.3 Å². The van der Waals surface area contributed by atoms with Gasteiger partial charge in [0, 0.05) is 16.6 Å². The molecule has 0 saturated heterocycles. The van der Waals surface area contributed by atoms with E-state index in [1.54, 1.807) is 20.8 Å². The van der Waals surface area contributed by atoms with Gasteiger partial charge in [0.1, 0.15) is 21.4 Å². The summed E-state index contributed by atoms with van der Waals surface area (Å²) in [6.07, 6.45) is 0. The number of thiazole rings is 1. The van der Waals surface area contributed by atoms with E-state index >= 15 is 0 Å². The molecule has 2 N–H and O–H groups in total. The van der Waals surface area contributed by atoms with Gasteiger partial charge in [-0.3, -0.25) is 0 Å². The van der Waals surface area contributed by atoms with Crippen LogP contribution >= 0.6 is 11.3 Å². The topological polar surface area (TPSA) is 92.4 Å². The van der Waals surface area contributed by atoms with E-state index in [0.717, 1.165) is 5.69 Å². The largest absolute Gasteiger partial charge is 0.465 e. The lowest BCUT2D eigenvalue weighted by Gasteiger charge is -2.12. The maximum absolute atomic E-state index is 12.5. The highest BCUT2D eigenvalue weighted by Gasteiger charge is 2.28. The monoisotopic (exact) mass is 330 g/mol. The Morgan fingerprint density at radius 2 is 2.05 bits per heavy atom. The molecule has 0 saturated carbocycles. The Morgan fingerprint density at radius 3 is 2.57 bits per heavy atom. The van der Waals surface area contributed by atoms with Gasteiger partial charge < -0.3 is 9.52 Å². The molecule has 0 spiro atoms. The first-order valence-corrected chi connectivity index (χ1v) is 8.76. The first-order chi connectivity index (χ1) is 9.76. The second-order valence-electron chi connectivity index (χ2n) is 4.85. The molecular formula is C13H18N2O4S2. The van der Waals surface area contributed by atoms with Crippen molar-refractivity contribution in [3.63, 3.8) is 0 Å². The third-order valence-electron chi connectivity index (χ3n) is 3.09. The van der Waals surface area contributed by atoms with Crippen LogP contribution < -0.4 is 4.72 Å². The van der Waals surface area contributed by atoms with Gasteiger partial charge in [0.2, 0.25) is 10.0 Å². The molecule has 2 aromatic rings. The SMILES string of the molecule is Cc1csc(C(C)NS(=O)(=O)c2c(C)oc(C)c2CO)n1. The maximum atomic E-state index is 12.5. The molecule has 0 aliphatic carbocycles. The van der Waals surface area contributed by atoms with Crippen molar-refractivity contribution in [1.82, 2.24) is 9.71 Å². The highest BCUT2D eigenvalue weighted by atomic mass is 32.2. The van der Waals surface area contributed by atoms with Crippen LogP contribution in [-0.2, 0) is 16.6 Å². The van der Waals surface area contributed by atoms with Gasteiger partial charge in [-0.15, -0.1) is 11.3 Å². The van der Waals surface area contributed by atoms with Gasteiger partial charge in [0.15, 0.2) is 0 Å². The van der Waals surface area contributed by atoms with Crippen molar-refractivity contribution in [1.29, 1.82) is 0 Å². The average molecular weight is 330 g/mol. The number of aryl methyl sites for hydroxylation is 3. The molecule has 6 nitrogen and oxygen atoms in total. The van der Waals surface area contributed by atoms with Crippen LogP contribution in [0.5, 0.6) is 0 Å². The fourth-order valence-electron chi connectivity index (χ4n) is 2.16. The summed E-state index contributed by atoms with van der Waals surface area (Å²) in [6, 6.07) is -0.449. The van der Waals surface area contributed by atoms with Crippen molar-refractivity contribution in [2.75, 3.05) is 0 Å². The van der Waals surface area contributed by atoms with Crippen LogP contribution in [0.1, 0.15) is 40.8 Å². The summed E-state index contributed by atoms with van der Waals surface area (Å²) < 4.78 is 33.0. The molecule has 0 fully saturated rings. The number of hydrogen-bond acceptors (Lipinski definition) is 6. The highest BCUT2D eigenvalue weighted by molar-refractivity contribution is 7.89. The van der Waals surface area contributed by atoms with E-state index in [1.807, 2.05) is 12.3 Å². The van der Waals surface area contributed by atoms with E-state index in [-0.39, 0.29) is 17.3 Å². The molecule has 116 valence electrons. The van der Waals surface area contributed by atoms with Crippen molar-refractivity contribution < 1.29 is 17.9 Å². The maximum Gasteiger partial charge on any atom is 0.245 e. The second-order valence-corrected chi connectivity index (χ2v) is 7.39. The molecule has 0 aliphatic rings. The molecule has 0 amide bonds. The third kappa shape index (κ3) is 3.18. The van der Waals surface area contributed by atoms with Gasteiger partial charge in [-0.05, 0) is 27.7 Å². The van der Waals surface area contributed by atoms with Crippen molar-refractivity contribution in [3.05, 3.63) is 33.2 Å². The quantitative estimate of drug-likeness (QED) is 0.876. The first-order valence-electron chi connectivity index (χ1n) is 6.40. The van der Waals surface area contributed by atoms with Crippen LogP contribution in [0.3, 0.4) is 0 Å². The highest BCUT2D eigenvalue weighted by Crippen LogP contribution is 2.28. The Labute approximate surface area is 127 Å². The number of nitrogens with zero attached hydrogens (tertiary/aromatic N) is 1. The Balaban J connectivity index is 2.35. The second kappa shape index (κ2) is 5.88. The molecule has 1 unspecified atom stereocenters. The molecule has 0 bridgehead atoms. The lowest BCUT2D eigenvalue weighted by Crippen LogP contribution is -2.28. The van der Waals surface area contributed by atoms with E-state index in [2.05, 4.69) is 9.71 Å². The zero-order valence-corrected chi connectivity index (χ0v) is 13.9. The molecule has 0 radical (unpaired) electrons. The molecule has 2 heterocycles. The standard InChI is InChI=1S/C13H18N2O4S2/c1-7-6-20-13(14-7)8(2)15-21(17,18)12-10(4)19-9(3)11(12)5-16/h6,8,15-16H,5H2,1-4H3. The number of hydrogen-bond donors (Lipinski definition) is 2. The predicted octanol–water partition coefficient (Wildman–Crippen LogP) is 2.19. The van der Waals surface area contributed by atoms with Gasteiger partial charge >= 0.3 is 0 Å². The predicted molar refractivity (Wildman–Crippen MR) is 79.7 cm³/mol. The van der Waals surface area contributed by atoms with Crippen molar-refractivity contribution in [3.8, 4) is 0 Å².